The number of carboxylic acids is 1. The molecule has 2 N–H and O–H groups in total. The predicted molar refractivity (Wildman–Crippen MR) is 151 cm³/mol. The Labute approximate surface area is 245 Å². The minimum Gasteiger partial charge on any atom is -0.496 e. The second-order valence-electron chi connectivity index (χ2n) is 8.37. The van der Waals surface area contributed by atoms with Gasteiger partial charge in [0.1, 0.15) is 11.6 Å². The van der Waals surface area contributed by atoms with E-state index in [1.807, 2.05) is 0 Å². The summed E-state index contributed by atoms with van der Waals surface area (Å²) >= 11 is 7.90. The molecule has 0 aliphatic heterocycles. The van der Waals surface area contributed by atoms with Gasteiger partial charge >= 0.3 is 12.1 Å². The van der Waals surface area contributed by atoms with Gasteiger partial charge in [0.25, 0.3) is 10.0 Å². The lowest BCUT2D eigenvalue weighted by atomic mass is 9.98. The zero-order chi connectivity index (χ0) is 30.7. The van der Waals surface area contributed by atoms with E-state index in [1.54, 1.807) is 59.6 Å². The van der Waals surface area contributed by atoms with E-state index in [0.29, 0.717) is 43.9 Å². The number of nitrogens with one attached hydrogen (secondary N) is 1. The zero-order valence-corrected chi connectivity index (χ0v) is 23.6. The van der Waals surface area contributed by atoms with Gasteiger partial charge in [-0.15, -0.1) is 11.3 Å². The van der Waals surface area contributed by atoms with Crippen LogP contribution in [-0.4, -0.2) is 42.7 Å². The normalized spacial score (nSPS) is 11.5. The van der Waals surface area contributed by atoms with Crippen molar-refractivity contribution in [2.24, 2.45) is 0 Å². The molecule has 2 aromatic heterocycles. The first kappa shape index (κ1) is 30.7. The molecule has 5 aromatic rings. The van der Waals surface area contributed by atoms with Gasteiger partial charge in [-0.1, -0.05) is 29.8 Å². The Hall–Kier alpha value is -4.27. The predicted octanol–water partition coefficient (Wildman–Crippen LogP) is 7.26. The Morgan fingerprint density at radius 3 is 2.40 bits per heavy atom. The maximum absolute atomic E-state index is 13.8. The molecule has 0 spiro atoms. The van der Waals surface area contributed by atoms with Gasteiger partial charge in [0.15, 0.2) is 5.82 Å². The Bertz CT molecular complexity index is 1870. The number of methoxy groups -OCH3 is 1. The van der Waals surface area contributed by atoms with Gasteiger partial charge in [-0.2, -0.15) is 13.2 Å². The highest BCUT2D eigenvalue weighted by atomic mass is 35.5. The Morgan fingerprint density at radius 2 is 1.79 bits per heavy atom. The second kappa shape index (κ2) is 12.3. The van der Waals surface area contributed by atoms with Crippen molar-refractivity contribution in [1.82, 2.24) is 9.97 Å². The van der Waals surface area contributed by atoms with Crippen LogP contribution in [0.5, 0.6) is 5.75 Å². The van der Waals surface area contributed by atoms with Crippen LogP contribution in [0.2, 0.25) is 5.02 Å². The van der Waals surface area contributed by atoms with Crippen LogP contribution in [0.25, 0.3) is 33.2 Å². The summed E-state index contributed by atoms with van der Waals surface area (Å²) in [5, 5.41) is 10.5. The van der Waals surface area contributed by atoms with Crippen molar-refractivity contribution in [2.75, 3.05) is 11.8 Å². The monoisotopic (exact) mass is 639 g/mol. The molecule has 0 saturated heterocycles. The third-order valence-electron chi connectivity index (χ3n) is 5.64. The number of carboxylic acid groups (broad SMARTS) is 1. The van der Waals surface area contributed by atoms with Crippen molar-refractivity contribution in [3.8, 4) is 28.1 Å². The lowest BCUT2D eigenvalue weighted by Gasteiger charge is -2.15. The highest BCUT2D eigenvalue weighted by Gasteiger charge is 2.38. The van der Waals surface area contributed by atoms with Crippen molar-refractivity contribution in [2.45, 2.75) is 11.1 Å². The highest BCUT2D eigenvalue weighted by molar-refractivity contribution is 7.92. The molecule has 42 heavy (non-hydrogen) atoms. The smallest absolute Gasteiger partial charge is 0.490 e. The highest BCUT2D eigenvalue weighted by Crippen LogP contribution is 2.41. The molecule has 5 rings (SSSR count). The van der Waals surface area contributed by atoms with Crippen molar-refractivity contribution in [3.05, 3.63) is 88.6 Å². The minimum absolute atomic E-state index is 0.0987. The summed E-state index contributed by atoms with van der Waals surface area (Å²) in [6, 6.07) is 16.1. The fraction of sp³-hybridized carbons (Fsp3) is 0.0741. The van der Waals surface area contributed by atoms with Crippen LogP contribution in [0.4, 0.5) is 23.4 Å². The van der Waals surface area contributed by atoms with Gasteiger partial charge in [-0.3, -0.25) is 9.71 Å². The summed E-state index contributed by atoms with van der Waals surface area (Å²) in [5.74, 6) is -2.36. The number of ether oxygens (including phenoxy) is 1. The molecule has 0 atom stereocenters. The van der Waals surface area contributed by atoms with Crippen LogP contribution in [-0.2, 0) is 14.8 Å². The number of fused-ring (bicyclic) bond motifs is 1. The van der Waals surface area contributed by atoms with Crippen molar-refractivity contribution in [3.63, 3.8) is 0 Å². The van der Waals surface area contributed by atoms with E-state index in [9.17, 15) is 26.0 Å². The van der Waals surface area contributed by atoms with Crippen LogP contribution < -0.4 is 9.46 Å². The van der Waals surface area contributed by atoms with Crippen LogP contribution in [0.3, 0.4) is 0 Å². The van der Waals surface area contributed by atoms with Crippen LogP contribution in [0, 0.1) is 5.82 Å². The van der Waals surface area contributed by atoms with Crippen LogP contribution >= 0.6 is 22.9 Å². The third-order valence-corrected chi connectivity index (χ3v) is 7.89. The second-order valence-corrected chi connectivity index (χ2v) is 11.2. The number of aromatic nitrogens is 2. The molecule has 0 radical (unpaired) electrons. The number of hydrogen-bond donors (Lipinski definition) is 2. The average Bonchev–Trinajstić information content (AvgIpc) is 3.44. The molecular weight excluding hydrogens is 622 g/mol. The van der Waals surface area contributed by atoms with Gasteiger partial charge < -0.3 is 9.84 Å². The number of aliphatic carboxylic acids is 1. The van der Waals surface area contributed by atoms with Crippen molar-refractivity contribution >= 4 is 55.5 Å². The number of carbonyl (C=O) groups is 1. The molecule has 0 aliphatic carbocycles. The van der Waals surface area contributed by atoms with Gasteiger partial charge in [-0.05, 0) is 53.4 Å². The summed E-state index contributed by atoms with van der Waals surface area (Å²) in [4.78, 5) is 17.5. The first-order valence-corrected chi connectivity index (χ1v) is 14.3. The molecule has 0 aliphatic rings. The quantitative estimate of drug-likeness (QED) is 0.188. The number of nitrogens with zero attached hydrogens (tertiary/aromatic N) is 2. The van der Waals surface area contributed by atoms with Crippen LogP contribution in [0.15, 0.2) is 82.6 Å². The fourth-order valence-corrected chi connectivity index (χ4v) is 5.65. The van der Waals surface area contributed by atoms with Gasteiger partial charge in [0.05, 0.1) is 23.2 Å². The topological polar surface area (TPSA) is 118 Å². The summed E-state index contributed by atoms with van der Waals surface area (Å²) < 4.78 is 79.2. The number of anilines is 1. The van der Waals surface area contributed by atoms with E-state index in [0.717, 1.165) is 0 Å². The Balaban J connectivity index is 0.000000517. The van der Waals surface area contributed by atoms with E-state index in [4.69, 9.17) is 26.2 Å². The number of hydrogen-bond acceptors (Lipinski definition) is 7. The molecule has 8 nitrogen and oxygen atoms in total. The SMILES string of the molecule is COc1cc(-c2cccc(F)c2)c(Cl)cc1-c1nccc2cc(S(=O)(=O)Nc3cscn3)ccc12.O=C(O)C(F)(F)F. The van der Waals surface area contributed by atoms with Gasteiger partial charge in [0, 0.05) is 33.1 Å². The maximum atomic E-state index is 13.8. The molecule has 3 aromatic carbocycles. The standard InChI is InChI=1S/C25H17ClFN3O3S2.C2HF3O2/c1-33-23-12-20(15-3-2-4-17(27)9-15)22(26)11-21(23)25-19-6-5-18(10-16(19)7-8-28-25)35(31,32)30-24-13-34-14-29-24;3-2(4,5)1(6)7/h2-14,30H,1H3;(H,6,7). The number of rotatable bonds is 6. The number of pyridine rings is 1. The summed E-state index contributed by atoms with van der Waals surface area (Å²) in [7, 11) is -2.28. The molecule has 0 unspecified atom stereocenters. The molecule has 2 heterocycles. The molecule has 0 saturated carbocycles. The summed E-state index contributed by atoms with van der Waals surface area (Å²) in [6.45, 7) is 0. The molecule has 0 amide bonds. The lowest BCUT2D eigenvalue weighted by Crippen LogP contribution is -2.21. The number of alkyl halides is 3. The van der Waals surface area contributed by atoms with E-state index < -0.39 is 22.2 Å². The van der Waals surface area contributed by atoms with E-state index in [1.165, 1.54) is 36.6 Å². The molecule has 0 fully saturated rings. The molecule has 0 bridgehead atoms. The Kier molecular flexibility index (Phi) is 8.99. The number of thiazole rings is 1. The van der Waals surface area contributed by atoms with Crippen molar-refractivity contribution < 1.29 is 40.6 Å². The number of benzene rings is 3. The maximum Gasteiger partial charge on any atom is 0.490 e. The number of sulfonamides is 1. The summed E-state index contributed by atoms with van der Waals surface area (Å²) in [5.41, 5.74) is 3.98. The van der Waals surface area contributed by atoms with E-state index in [2.05, 4.69) is 14.7 Å². The molecular formula is C27H18ClF4N3O5S2. The van der Waals surface area contributed by atoms with Gasteiger partial charge in [0.2, 0.25) is 0 Å². The van der Waals surface area contributed by atoms with Crippen LogP contribution in [0.1, 0.15) is 0 Å². The van der Waals surface area contributed by atoms with Crippen molar-refractivity contribution in [1.29, 1.82) is 0 Å². The van der Waals surface area contributed by atoms with Gasteiger partial charge in [-0.25, -0.2) is 22.6 Å². The lowest BCUT2D eigenvalue weighted by molar-refractivity contribution is -0.192. The third kappa shape index (κ3) is 6.95. The number of halogens is 5. The summed E-state index contributed by atoms with van der Waals surface area (Å²) in [6.07, 6.45) is -3.49. The first-order valence-electron chi connectivity index (χ1n) is 11.5. The Morgan fingerprint density at radius 1 is 1.05 bits per heavy atom. The first-order chi connectivity index (χ1) is 19.8. The molecule has 15 heteroatoms. The zero-order valence-electron chi connectivity index (χ0n) is 21.2. The van der Waals surface area contributed by atoms with E-state index in [-0.39, 0.29) is 16.5 Å². The average molecular weight is 640 g/mol. The molecule has 218 valence electrons. The minimum atomic E-state index is -5.08. The fourth-order valence-electron chi connectivity index (χ4n) is 3.78. The largest absolute Gasteiger partial charge is 0.496 e. The van der Waals surface area contributed by atoms with E-state index >= 15 is 0 Å².